The number of hydrogen-bond donors (Lipinski definition) is 2. The van der Waals surface area contributed by atoms with Crippen molar-refractivity contribution < 1.29 is 14.3 Å². The topological polar surface area (TPSA) is 66.1 Å². The van der Waals surface area contributed by atoms with Gasteiger partial charge in [-0.15, -0.1) is 0 Å². The summed E-state index contributed by atoms with van der Waals surface area (Å²) < 4.78 is 10.8. The minimum Gasteiger partial charge on any atom is -0.497 e. The van der Waals surface area contributed by atoms with Gasteiger partial charge in [0, 0.05) is 63.2 Å². The Morgan fingerprint density at radius 1 is 0.706 bits per heavy atom. The van der Waals surface area contributed by atoms with Crippen LogP contribution in [-0.4, -0.2) is 82.2 Å². The zero-order chi connectivity index (χ0) is 23.3. The molecule has 0 aromatic heterocycles. The first-order chi connectivity index (χ1) is 16.5. The number of methoxy groups -OCH3 is 2. The van der Waals surface area contributed by atoms with E-state index in [4.69, 9.17) is 9.47 Å². The van der Waals surface area contributed by atoms with Crippen LogP contribution in [0.25, 0.3) is 0 Å². The van der Waals surface area contributed by atoms with Crippen LogP contribution in [0.4, 0.5) is 0 Å². The normalized spacial score (nSPS) is 24.3. The molecule has 2 aromatic carbocycles. The molecule has 4 aliphatic heterocycles. The van der Waals surface area contributed by atoms with E-state index in [9.17, 15) is 4.79 Å². The lowest BCUT2D eigenvalue weighted by atomic mass is 9.71. The molecule has 4 saturated heterocycles. The maximum Gasteiger partial charge on any atom is 0.176 e. The van der Waals surface area contributed by atoms with Crippen LogP contribution in [0.15, 0.2) is 48.5 Å². The molecule has 4 fully saturated rings. The number of rotatable bonds is 8. The van der Waals surface area contributed by atoms with Gasteiger partial charge in [0.2, 0.25) is 0 Å². The van der Waals surface area contributed by atoms with E-state index in [0.717, 1.165) is 75.0 Å². The van der Waals surface area contributed by atoms with E-state index in [0.29, 0.717) is 10.8 Å². The first-order valence-electron chi connectivity index (χ1n) is 12.3. The van der Waals surface area contributed by atoms with Gasteiger partial charge < -0.3 is 20.1 Å². The van der Waals surface area contributed by atoms with Crippen LogP contribution in [0.1, 0.15) is 23.2 Å². The maximum absolute atomic E-state index is 14.5. The largest absolute Gasteiger partial charge is 0.497 e. The van der Waals surface area contributed by atoms with Gasteiger partial charge in [-0.05, 0) is 35.4 Å². The van der Waals surface area contributed by atoms with Crippen molar-refractivity contribution in [2.24, 2.45) is 10.8 Å². The summed E-state index contributed by atoms with van der Waals surface area (Å²) in [6, 6.07) is 15.6. The van der Waals surface area contributed by atoms with Crippen molar-refractivity contribution in [3.63, 3.8) is 0 Å². The second-order valence-electron chi connectivity index (χ2n) is 10.8. The molecule has 0 amide bonds. The van der Waals surface area contributed by atoms with Gasteiger partial charge in [0.15, 0.2) is 5.78 Å². The van der Waals surface area contributed by atoms with Gasteiger partial charge in [0.1, 0.15) is 11.5 Å². The molecule has 0 aliphatic carbocycles. The van der Waals surface area contributed by atoms with Gasteiger partial charge in [-0.3, -0.25) is 14.6 Å². The van der Waals surface area contributed by atoms with E-state index in [1.807, 2.05) is 24.3 Å². The fourth-order valence-corrected chi connectivity index (χ4v) is 6.23. The predicted molar refractivity (Wildman–Crippen MR) is 130 cm³/mol. The third-order valence-electron chi connectivity index (χ3n) is 8.29. The number of nitrogens with one attached hydrogen (secondary N) is 2. The summed E-state index contributed by atoms with van der Waals surface area (Å²) in [5, 5.41) is 6.82. The van der Waals surface area contributed by atoms with Gasteiger partial charge in [0.25, 0.3) is 0 Å². The Kier molecular flexibility index (Phi) is 5.41. The standard InChI is InChI=1S/C27H34N4O3/c1-33-21-7-3-19(4-8-21)23(30-15-26(16-30)11-28-12-26)25(32)24(20-5-9-22(34-2)10-6-20)31-17-27(18-31)13-29-14-27/h3-10,23-24,28-29H,11-18H2,1-2H3. The van der Waals surface area contributed by atoms with Crippen LogP contribution in [0.2, 0.25) is 0 Å². The second kappa shape index (κ2) is 8.34. The number of benzene rings is 2. The molecular weight excluding hydrogens is 428 g/mol. The number of likely N-dealkylation sites (tertiary alicyclic amines) is 2. The van der Waals surface area contributed by atoms with Gasteiger partial charge in [-0.25, -0.2) is 0 Å². The zero-order valence-electron chi connectivity index (χ0n) is 20.0. The summed E-state index contributed by atoms with van der Waals surface area (Å²) in [5.41, 5.74) is 2.79. The summed E-state index contributed by atoms with van der Waals surface area (Å²) in [5.74, 6) is 1.89. The third-order valence-corrected chi connectivity index (χ3v) is 8.29. The molecule has 6 rings (SSSR count). The lowest BCUT2D eigenvalue weighted by Crippen LogP contribution is -2.73. The Labute approximate surface area is 201 Å². The molecule has 2 spiro atoms. The highest BCUT2D eigenvalue weighted by Gasteiger charge is 2.55. The van der Waals surface area contributed by atoms with Crippen LogP contribution in [0, 0.1) is 10.8 Å². The first kappa shape index (κ1) is 22.0. The monoisotopic (exact) mass is 462 g/mol. The highest BCUT2D eigenvalue weighted by molar-refractivity contribution is 5.91. The lowest BCUT2D eigenvalue weighted by Gasteiger charge is -2.60. The summed E-state index contributed by atoms with van der Waals surface area (Å²) in [6.45, 7) is 8.06. The van der Waals surface area contributed by atoms with E-state index in [1.165, 1.54) is 0 Å². The average molecular weight is 463 g/mol. The van der Waals surface area contributed by atoms with Crippen LogP contribution in [-0.2, 0) is 4.79 Å². The molecule has 7 nitrogen and oxygen atoms in total. The van der Waals surface area contributed by atoms with E-state index in [2.05, 4.69) is 44.7 Å². The molecule has 2 aromatic rings. The Morgan fingerprint density at radius 3 is 1.32 bits per heavy atom. The molecule has 0 saturated carbocycles. The highest BCUT2D eigenvalue weighted by atomic mass is 16.5. The average Bonchev–Trinajstić information content (AvgIpc) is 2.75. The summed E-state index contributed by atoms with van der Waals surface area (Å²) in [7, 11) is 3.35. The Hall–Kier alpha value is -2.45. The number of ether oxygens (including phenoxy) is 2. The Morgan fingerprint density at radius 2 is 1.06 bits per heavy atom. The molecule has 4 heterocycles. The number of nitrogens with zero attached hydrogens (tertiary/aromatic N) is 2. The van der Waals surface area contributed by atoms with Crippen LogP contribution >= 0.6 is 0 Å². The third kappa shape index (κ3) is 3.62. The number of carbonyl (C=O) groups is 1. The maximum atomic E-state index is 14.5. The number of hydrogen-bond acceptors (Lipinski definition) is 7. The fourth-order valence-electron chi connectivity index (χ4n) is 6.23. The first-order valence-corrected chi connectivity index (χ1v) is 12.3. The summed E-state index contributed by atoms with van der Waals surface area (Å²) in [4.78, 5) is 19.2. The molecule has 34 heavy (non-hydrogen) atoms. The van der Waals surface area contributed by atoms with Gasteiger partial charge in [-0.2, -0.15) is 0 Å². The van der Waals surface area contributed by atoms with E-state index in [1.54, 1.807) is 14.2 Å². The smallest absolute Gasteiger partial charge is 0.176 e. The Bertz CT molecular complexity index is 947. The SMILES string of the molecule is COc1ccc(C(C(=O)C(c2ccc(OC)cc2)N2CC3(CNC3)C2)N2CC3(CNC3)C2)cc1. The van der Waals surface area contributed by atoms with Crippen molar-refractivity contribution in [1.82, 2.24) is 20.4 Å². The molecule has 0 bridgehead atoms. The van der Waals surface area contributed by atoms with Crippen molar-refractivity contribution in [3.05, 3.63) is 59.7 Å². The molecule has 2 unspecified atom stereocenters. The lowest BCUT2D eigenvalue weighted by molar-refractivity contribution is -0.147. The van der Waals surface area contributed by atoms with Crippen LogP contribution < -0.4 is 20.1 Å². The highest BCUT2D eigenvalue weighted by Crippen LogP contribution is 2.45. The minimum absolute atomic E-state index is 0.264. The molecular formula is C27H34N4O3. The minimum atomic E-state index is -0.264. The van der Waals surface area contributed by atoms with E-state index in [-0.39, 0.29) is 17.9 Å². The van der Waals surface area contributed by atoms with Crippen molar-refractivity contribution in [1.29, 1.82) is 0 Å². The summed E-state index contributed by atoms with van der Waals surface area (Å²) in [6.07, 6.45) is 0. The number of Topliss-reactive ketones (excluding diaryl/α,β-unsaturated/α-hetero) is 1. The van der Waals surface area contributed by atoms with E-state index >= 15 is 0 Å². The van der Waals surface area contributed by atoms with Crippen molar-refractivity contribution in [2.75, 3.05) is 66.6 Å². The number of ketones is 1. The molecule has 2 N–H and O–H groups in total. The van der Waals surface area contributed by atoms with Crippen LogP contribution in [0.3, 0.4) is 0 Å². The van der Waals surface area contributed by atoms with Gasteiger partial charge in [0.05, 0.1) is 26.3 Å². The van der Waals surface area contributed by atoms with Gasteiger partial charge >= 0.3 is 0 Å². The second-order valence-corrected chi connectivity index (χ2v) is 10.8. The summed E-state index contributed by atoms with van der Waals surface area (Å²) >= 11 is 0. The van der Waals surface area contributed by atoms with Crippen molar-refractivity contribution >= 4 is 5.78 Å². The molecule has 4 aliphatic rings. The van der Waals surface area contributed by atoms with Gasteiger partial charge in [-0.1, -0.05) is 24.3 Å². The van der Waals surface area contributed by atoms with Crippen molar-refractivity contribution in [3.8, 4) is 11.5 Å². The molecule has 180 valence electrons. The quantitative estimate of drug-likeness (QED) is 0.621. The Balaban J connectivity index is 1.32. The van der Waals surface area contributed by atoms with Crippen molar-refractivity contribution in [2.45, 2.75) is 12.1 Å². The molecule has 2 atom stereocenters. The predicted octanol–water partition coefficient (Wildman–Crippen LogP) is 1.87. The molecule has 7 heteroatoms. The number of carbonyl (C=O) groups excluding carboxylic acids is 1. The van der Waals surface area contributed by atoms with Crippen LogP contribution in [0.5, 0.6) is 11.5 Å². The zero-order valence-corrected chi connectivity index (χ0v) is 20.0. The fraction of sp³-hybridized carbons (Fsp3) is 0.519. The molecule has 0 radical (unpaired) electrons. The van der Waals surface area contributed by atoms with E-state index < -0.39 is 0 Å².